The van der Waals surface area contributed by atoms with Gasteiger partial charge in [0.2, 0.25) is 0 Å². The highest BCUT2D eigenvalue weighted by Gasteiger charge is 2.38. The number of hydrogen-bond acceptors (Lipinski definition) is 3. The molecule has 3 aromatic rings. The van der Waals surface area contributed by atoms with E-state index in [1.165, 1.54) is 12.8 Å². The number of carbonyl (C=O) groups is 1. The molecule has 0 saturated heterocycles. The molecule has 30 heavy (non-hydrogen) atoms. The van der Waals surface area contributed by atoms with Crippen LogP contribution in [0.2, 0.25) is 0 Å². The fourth-order valence-electron chi connectivity index (χ4n) is 4.64. The molecule has 1 amide bonds. The van der Waals surface area contributed by atoms with E-state index in [-0.39, 0.29) is 18.1 Å². The quantitative estimate of drug-likeness (QED) is 0.547. The Bertz CT molecular complexity index is 1060. The molecule has 3 aromatic carbocycles. The van der Waals surface area contributed by atoms with E-state index in [2.05, 4.69) is 12.1 Å². The lowest BCUT2D eigenvalue weighted by molar-refractivity contribution is 0.0993. The second-order valence-corrected chi connectivity index (χ2v) is 7.94. The molecular weight excluding hydrogens is 374 g/mol. The van der Waals surface area contributed by atoms with Gasteiger partial charge < -0.3 is 9.47 Å². The van der Waals surface area contributed by atoms with Crippen LogP contribution in [-0.2, 0) is 0 Å². The maximum Gasteiger partial charge on any atom is 0.259 e. The van der Waals surface area contributed by atoms with Gasteiger partial charge >= 0.3 is 0 Å². The van der Waals surface area contributed by atoms with Crippen molar-refractivity contribution in [3.63, 3.8) is 0 Å². The maximum absolute atomic E-state index is 13.4. The van der Waals surface area contributed by atoms with Crippen LogP contribution in [0.1, 0.15) is 53.2 Å². The summed E-state index contributed by atoms with van der Waals surface area (Å²) < 4.78 is 11.8. The number of hydrogen-bond donors (Lipinski definition) is 0. The predicted octanol–water partition coefficient (Wildman–Crippen LogP) is 5.77. The molecule has 4 heteroatoms. The summed E-state index contributed by atoms with van der Waals surface area (Å²) in [6.07, 6.45) is 4.73. The van der Waals surface area contributed by atoms with Gasteiger partial charge in [0.15, 0.2) is 11.5 Å². The highest BCUT2D eigenvalue weighted by molar-refractivity contribution is 6.11. The van der Waals surface area contributed by atoms with E-state index in [9.17, 15) is 4.79 Å². The standard InChI is InChI=1S/C26H25NO3/c1-29-23-16-15-19(17-24(23)30-20-11-5-6-12-20)27-25(18-9-3-2-4-10-18)21-13-7-8-14-22(21)26(27)28/h2-4,7-10,13-17,20,25H,5-6,11-12H2,1H3. The van der Waals surface area contributed by atoms with Crippen LogP contribution in [0.3, 0.4) is 0 Å². The van der Waals surface area contributed by atoms with Gasteiger partial charge in [-0.1, -0.05) is 48.5 Å². The molecule has 1 atom stereocenters. The summed E-state index contributed by atoms with van der Waals surface area (Å²) in [6.45, 7) is 0. The van der Waals surface area contributed by atoms with Crippen LogP contribution in [-0.4, -0.2) is 19.1 Å². The Morgan fingerprint density at radius 2 is 1.60 bits per heavy atom. The predicted molar refractivity (Wildman–Crippen MR) is 117 cm³/mol. The van der Waals surface area contributed by atoms with Crippen molar-refractivity contribution in [3.8, 4) is 11.5 Å². The van der Waals surface area contributed by atoms with E-state index in [0.717, 1.165) is 35.2 Å². The van der Waals surface area contributed by atoms with Crippen molar-refractivity contribution in [3.05, 3.63) is 89.5 Å². The molecule has 4 nitrogen and oxygen atoms in total. The van der Waals surface area contributed by atoms with E-state index >= 15 is 0 Å². The Hall–Kier alpha value is -3.27. The van der Waals surface area contributed by atoms with E-state index < -0.39 is 0 Å². The fraction of sp³-hybridized carbons (Fsp3) is 0.269. The first kappa shape index (κ1) is 18.7. The summed E-state index contributed by atoms with van der Waals surface area (Å²) in [5.41, 5.74) is 3.69. The largest absolute Gasteiger partial charge is 0.493 e. The summed E-state index contributed by atoms with van der Waals surface area (Å²) in [7, 11) is 1.65. The van der Waals surface area contributed by atoms with E-state index in [0.29, 0.717) is 11.5 Å². The molecule has 1 aliphatic carbocycles. The average molecular weight is 399 g/mol. The van der Waals surface area contributed by atoms with Gasteiger partial charge in [0.05, 0.1) is 19.3 Å². The molecule has 1 heterocycles. The summed E-state index contributed by atoms with van der Waals surface area (Å²) in [4.78, 5) is 15.3. The Labute approximate surface area is 177 Å². The summed E-state index contributed by atoms with van der Waals surface area (Å²) in [6, 6.07) is 23.7. The van der Waals surface area contributed by atoms with Crippen LogP contribution in [0.25, 0.3) is 0 Å². The third-order valence-corrected chi connectivity index (χ3v) is 6.10. The first-order valence-electron chi connectivity index (χ1n) is 10.6. The van der Waals surface area contributed by atoms with Gasteiger partial charge in [-0.25, -0.2) is 0 Å². The average Bonchev–Trinajstić information content (AvgIpc) is 3.40. The number of ether oxygens (including phenoxy) is 2. The minimum atomic E-state index is -0.164. The molecule has 5 rings (SSSR count). The normalized spacial score (nSPS) is 18.5. The van der Waals surface area contributed by atoms with Crippen LogP contribution in [0.5, 0.6) is 11.5 Å². The number of benzene rings is 3. The Kier molecular flexibility index (Phi) is 4.91. The van der Waals surface area contributed by atoms with Gasteiger partial charge in [-0.3, -0.25) is 9.69 Å². The smallest absolute Gasteiger partial charge is 0.259 e. The molecule has 0 bridgehead atoms. The van der Waals surface area contributed by atoms with Crippen LogP contribution < -0.4 is 14.4 Å². The van der Waals surface area contributed by atoms with Crippen molar-refractivity contribution in [2.45, 2.75) is 37.8 Å². The molecule has 2 aliphatic rings. The molecule has 0 aromatic heterocycles. The fourth-order valence-corrected chi connectivity index (χ4v) is 4.64. The zero-order valence-corrected chi connectivity index (χ0v) is 17.1. The number of rotatable bonds is 5. The van der Waals surface area contributed by atoms with Gasteiger partial charge in [0, 0.05) is 17.3 Å². The van der Waals surface area contributed by atoms with Gasteiger partial charge in [-0.2, -0.15) is 0 Å². The second-order valence-electron chi connectivity index (χ2n) is 7.94. The van der Waals surface area contributed by atoms with Crippen LogP contribution in [0, 0.1) is 0 Å². The molecule has 1 saturated carbocycles. The molecule has 1 unspecified atom stereocenters. The third kappa shape index (κ3) is 3.22. The number of methoxy groups -OCH3 is 1. The molecule has 0 N–H and O–H groups in total. The van der Waals surface area contributed by atoms with Gasteiger partial charge in [0.1, 0.15) is 0 Å². The minimum Gasteiger partial charge on any atom is -0.493 e. The van der Waals surface area contributed by atoms with Crippen molar-refractivity contribution < 1.29 is 14.3 Å². The lowest BCUT2D eigenvalue weighted by Gasteiger charge is -2.27. The van der Waals surface area contributed by atoms with E-state index in [1.54, 1.807) is 7.11 Å². The zero-order valence-electron chi connectivity index (χ0n) is 17.1. The highest BCUT2D eigenvalue weighted by Crippen LogP contribution is 2.44. The monoisotopic (exact) mass is 399 g/mol. The van der Waals surface area contributed by atoms with Crippen molar-refractivity contribution in [1.82, 2.24) is 0 Å². The topological polar surface area (TPSA) is 38.8 Å². The molecule has 0 spiro atoms. The molecular formula is C26H25NO3. The van der Waals surface area contributed by atoms with Crippen LogP contribution in [0.15, 0.2) is 72.8 Å². The minimum absolute atomic E-state index is 0.0106. The number of amides is 1. The lowest BCUT2D eigenvalue weighted by Crippen LogP contribution is -2.28. The zero-order chi connectivity index (χ0) is 20.5. The van der Waals surface area contributed by atoms with Crippen molar-refractivity contribution in [1.29, 1.82) is 0 Å². The first-order chi connectivity index (χ1) is 14.8. The lowest BCUT2D eigenvalue weighted by atomic mass is 9.98. The molecule has 1 aliphatic heterocycles. The maximum atomic E-state index is 13.4. The number of anilines is 1. The highest BCUT2D eigenvalue weighted by atomic mass is 16.5. The first-order valence-corrected chi connectivity index (χ1v) is 10.6. The Balaban J connectivity index is 1.58. The number of fused-ring (bicyclic) bond motifs is 1. The Morgan fingerprint density at radius 1 is 0.867 bits per heavy atom. The van der Waals surface area contributed by atoms with Crippen molar-refractivity contribution >= 4 is 11.6 Å². The van der Waals surface area contributed by atoms with Gasteiger partial charge in [-0.05, 0) is 55.0 Å². The third-order valence-electron chi connectivity index (χ3n) is 6.10. The molecule has 0 radical (unpaired) electrons. The van der Waals surface area contributed by atoms with Crippen molar-refractivity contribution in [2.75, 3.05) is 12.0 Å². The Morgan fingerprint density at radius 3 is 2.37 bits per heavy atom. The second kappa shape index (κ2) is 7.86. The number of nitrogens with zero attached hydrogens (tertiary/aromatic N) is 1. The van der Waals surface area contributed by atoms with Gasteiger partial charge in [0.25, 0.3) is 5.91 Å². The van der Waals surface area contributed by atoms with Gasteiger partial charge in [-0.15, -0.1) is 0 Å². The number of carbonyl (C=O) groups excluding carboxylic acids is 1. The molecule has 152 valence electrons. The SMILES string of the molecule is COc1ccc(N2C(=O)c3ccccc3C2c2ccccc2)cc1OC1CCCC1. The summed E-state index contributed by atoms with van der Waals surface area (Å²) in [5, 5.41) is 0. The van der Waals surface area contributed by atoms with Crippen LogP contribution in [0.4, 0.5) is 5.69 Å². The summed E-state index contributed by atoms with van der Waals surface area (Å²) in [5.74, 6) is 1.42. The van der Waals surface area contributed by atoms with Crippen LogP contribution >= 0.6 is 0 Å². The van der Waals surface area contributed by atoms with E-state index in [1.807, 2.05) is 65.6 Å². The molecule has 1 fully saturated rings. The summed E-state index contributed by atoms with van der Waals surface area (Å²) >= 11 is 0. The van der Waals surface area contributed by atoms with E-state index in [4.69, 9.17) is 9.47 Å². The van der Waals surface area contributed by atoms with Crippen molar-refractivity contribution in [2.24, 2.45) is 0 Å².